The molecule has 0 bridgehead atoms. The fraction of sp³-hybridized carbons (Fsp3) is 0.333. The minimum atomic E-state index is -1.69. The summed E-state index contributed by atoms with van der Waals surface area (Å²) in [5, 5.41) is 4.77. The monoisotopic (exact) mass is 456 g/mol. The molecule has 2 amide bonds. The third kappa shape index (κ3) is 8.29. The molecule has 0 saturated heterocycles. The fourth-order valence-electron chi connectivity index (χ4n) is 2.80. The number of ether oxygens (including phenoxy) is 3. The number of esters is 2. The van der Waals surface area contributed by atoms with Crippen molar-refractivity contribution in [3.8, 4) is 0 Å². The summed E-state index contributed by atoms with van der Waals surface area (Å²) in [5.74, 6) is -3.09. The van der Waals surface area contributed by atoms with Crippen LogP contribution in [0.3, 0.4) is 0 Å². The third-order valence-corrected chi connectivity index (χ3v) is 4.62. The van der Waals surface area contributed by atoms with Gasteiger partial charge in [0.25, 0.3) is 0 Å². The number of benzene rings is 2. The molecule has 2 aromatic rings. The smallest absolute Gasteiger partial charge is 0.408 e. The normalized spacial score (nSPS) is 12.2. The molecule has 2 aromatic carbocycles. The lowest BCUT2D eigenvalue weighted by Crippen LogP contribution is -2.56. The number of rotatable bonds is 10. The van der Waals surface area contributed by atoms with Crippen molar-refractivity contribution in [3.05, 3.63) is 71.8 Å². The first-order chi connectivity index (χ1) is 15.8. The first-order valence-corrected chi connectivity index (χ1v) is 10.4. The molecule has 176 valence electrons. The van der Waals surface area contributed by atoms with E-state index >= 15 is 0 Å². The predicted molar refractivity (Wildman–Crippen MR) is 119 cm³/mol. The first kappa shape index (κ1) is 25.4. The van der Waals surface area contributed by atoms with Crippen molar-refractivity contribution in [2.75, 3.05) is 7.11 Å². The van der Waals surface area contributed by atoms with Crippen LogP contribution in [-0.2, 0) is 41.8 Å². The van der Waals surface area contributed by atoms with Gasteiger partial charge in [-0.25, -0.2) is 14.4 Å². The van der Waals surface area contributed by atoms with Crippen molar-refractivity contribution in [2.45, 2.75) is 39.1 Å². The van der Waals surface area contributed by atoms with Crippen molar-refractivity contribution in [3.63, 3.8) is 0 Å². The molecule has 0 heterocycles. The van der Waals surface area contributed by atoms with Gasteiger partial charge in [-0.15, -0.1) is 0 Å². The molecule has 9 heteroatoms. The molecule has 9 nitrogen and oxygen atoms in total. The van der Waals surface area contributed by atoms with E-state index in [4.69, 9.17) is 9.47 Å². The Bertz CT molecular complexity index is 932. The Balaban J connectivity index is 1.98. The van der Waals surface area contributed by atoms with Crippen LogP contribution in [0.4, 0.5) is 4.79 Å². The zero-order valence-corrected chi connectivity index (χ0v) is 18.8. The molecule has 0 aromatic heterocycles. The molecule has 2 rings (SSSR count). The van der Waals surface area contributed by atoms with Gasteiger partial charge < -0.3 is 24.8 Å². The molecular weight excluding hydrogens is 428 g/mol. The lowest BCUT2D eigenvalue weighted by Gasteiger charge is -2.23. The second kappa shape index (κ2) is 12.8. The van der Waals surface area contributed by atoms with Crippen molar-refractivity contribution in [1.29, 1.82) is 0 Å². The van der Waals surface area contributed by atoms with E-state index in [-0.39, 0.29) is 19.1 Å². The third-order valence-electron chi connectivity index (χ3n) is 4.62. The Morgan fingerprint density at radius 2 is 1.27 bits per heavy atom. The number of methoxy groups -OCH3 is 1. The van der Waals surface area contributed by atoms with Crippen LogP contribution in [0.2, 0.25) is 0 Å². The number of alkyl carbamates (subject to hydrolysis) is 1. The molecule has 0 radical (unpaired) electrons. The number of hydrogen-bond donors (Lipinski definition) is 2. The standard InChI is InChI=1S/C24H28N2O7/c1-16(2)19(26-24(30)33-15-18-12-8-5-9-13-18)21(27)25-20(22(28)31-3)23(29)32-14-17-10-6-4-7-11-17/h4-13,16,19-20H,14-15H2,1-3H3,(H,25,27)(H,26,30)/t19-,20-/m0/s1. The number of nitrogens with one attached hydrogen (secondary N) is 2. The quantitative estimate of drug-likeness (QED) is 0.320. The van der Waals surface area contributed by atoms with E-state index in [1.165, 1.54) is 0 Å². The van der Waals surface area contributed by atoms with Gasteiger partial charge in [-0.3, -0.25) is 4.79 Å². The summed E-state index contributed by atoms with van der Waals surface area (Å²) in [6.07, 6.45) is -0.811. The summed E-state index contributed by atoms with van der Waals surface area (Å²) in [5.41, 5.74) is 1.49. The minimum Gasteiger partial charge on any atom is -0.467 e. The van der Waals surface area contributed by atoms with Gasteiger partial charge in [-0.1, -0.05) is 74.5 Å². The molecule has 0 aliphatic rings. The Kier molecular flexibility index (Phi) is 9.88. The second-order valence-electron chi connectivity index (χ2n) is 7.49. The van der Waals surface area contributed by atoms with Crippen molar-refractivity contribution in [2.24, 2.45) is 5.92 Å². The molecule has 0 unspecified atom stereocenters. The average molecular weight is 456 g/mol. The Morgan fingerprint density at radius 1 is 0.758 bits per heavy atom. The zero-order valence-electron chi connectivity index (χ0n) is 18.8. The molecule has 2 atom stereocenters. The van der Waals surface area contributed by atoms with Crippen LogP contribution in [0.25, 0.3) is 0 Å². The van der Waals surface area contributed by atoms with Gasteiger partial charge in [0.2, 0.25) is 11.9 Å². The summed E-state index contributed by atoms with van der Waals surface area (Å²) in [6.45, 7) is 3.33. The molecule has 0 aliphatic heterocycles. The van der Waals surface area contributed by atoms with Crippen molar-refractivity contribution in [1.82, 2.24) is 10.6 Å². The van der Waals surface area contributed by atoms with Crippen LogP contribution < -0.4 is 10.6 Å². The molecule has 2 N–H and O–H groups in total. The van der Waals surface area contributed by atoms with Crippen LogP contribution in [0.5, 0.6) is 0 Å². The largest absolute Gasteiger partial charge is 0.467 e. The van der Waals surface area contributed by atoms with E-state index in [1.807, 2.05) is 24.3 Å². The fourth-order valence-corrected chi connectivity index (χ4v) is 2.80. The van der Waals surface area contributed by atoms with E-state index in [2.05, 4.69) is 15.4 Å². The summed E-state index contributed by atoms with van der Waals surface area (Å²) < 4.78 is 14.9. The maximum Gasteiger partial charge on any atom is 0.408 e. The van der Waals surface area contributed by atoms with E-state index in [1.54, 1.807) is 50.2 Å². The molecule has 33 heavy (non-hydrogen) atoms. The Morgan fingerprint density at radius 3 is 1.76 bits per heavy atom. The molecule has 0 fully saturated rings. The van der Waals surface area contributed by atoms with Crippen LogP contribution in [-0.4, -0.2) is 43.1 Å². The number of carbonyl (C=O) groups excluding carboxylic acids is 4. The molecule has 0 aliphatic carbocycles. The highest BCUT2D eigenvalue weighted by atomic mass is 16.6. The summed E-state index contributed by atoms with van der Waals surface area (Å²) in [6, 6.07) is 15.2. The SMILES string of the molecule is COC(=O)[C@H](NC(=O)[C@@H](NC(=O)OCc1ccccc1)C(C)C)C(=O)OCc1ccccc1. The molecule has 0 spiro atoms. The van der Waals surface area contributed by atoms with Crippen LogP contribution in [0.15, 0.2) is 60.7 Å². The summed E-state index contributed by atoms with van der Waals surface area (Å²) in [4.78, 5) is 49.6. The van der Waals surface area contributed by atoms with Crippen LogP contribution in [0, 0.1) is 5.92 Å². The van der Waals surface area contributed by atoms with Gasteiger partial charge in [0.15, 0.2) is 0 Å². The minimum absolute atomic E-state index is 0.0235. The van der Waals surface area contributed by atoms with E-state index in [0.717, 1.165) is 12.7 Å². The maximum atomic E-state index is 12.8. The van der Waals surface area contributed by atoms with Gasteiger partial charge in [0.05, 0.1) is 7.11 Å². The lowest BCUT2D eigenvalue weighted by atomic mass is 10.0. The van der Waals surface area contributed by atoms with E-state index < -0.39 is 36.0 Å². The number of carbonyl (C=O) groups is 4. The number of hydrogen-bond acceptors (Lipinski definition) is 7. The highest BCUT2D eigenvalue weighted by Gasteiger charge is 2.35. The topological polar surface area (TPSA) is 120 Å². The van der Waals surface area contributed by atoms with Crippen molar-refractivity contribution >= 4 is 23.9 Å². The summed E-state index contributed by atoms with van der Waals surface area (Å²) >= 11 is 0. The lowest BCUT2D eigenvalue weighted by molar-refractivity contribution is -0.159. The second-order valence-corrected chi connectivity index (χ2v) is 7.49. The average Bonchev–Trinajstić information content (AvgIpc) is 2.83. The predicted octanol–water partition coefficient (Wildman–Crippen LogP) is 2.34. The van der Waals surface area contributed by atoms with E-state index in [0.29, 0.717) is 5.56 Å². The van der Waals surface area contributed by atoms with E-state index in [9.17, 15) is 19.2 Å². The summed E-state index contributed by atoms with van der Waals surface area (Å²) in [7, 11) is 1.09. The van der Waals surface area contributed by atoms with Crippen molar-refractivity contribution < 1.29 is 33.4 Å². The Labute approximate surface area is 192 Å². The Hall–Kier alpha value is -3.88. The highest BCUT2D eigenvalue weighted by molar-refractivity contribution is 6.03. The highest BCUT2D eigenvalue weighted by Crippen LogP contribution is 2.07. The van der Waals surface area contributed by atoms with Crippen LogP contribution >= 0.6 is 0 Å². The van der Waals surface area contributed by atoms with Gasteiger partial charge in [-0.05, 0) is 17.0 Å². The number of amides is 2. The molecular formula is C24H28N2O7. The van der Waals surface area contributed by atoms with Crippen LogP contribution in [0.1, 0.15) is 25.0 Å². The maximum absolute atomic E-state index is 12.8. The zero-order chi connectivity index (χ0) is 24.2. The van der Waals surface area contributed by atoms with Gasteiger partial charge >= 0.3 is 18.0 Å². The van der Waals surface area contributed by atoms with Gasteiger partial charge in [-0.2, -0.15) is 0 Å². The van der Waals surface area contributed by atoms with Gasteiger partial charge in [0, 0.05) is 0 Å². The molecule has 0 saturated carbocycles. The van der Waals surface area contributed by atoms with Gasteiger partial charge in [0.1, 0.15) is 19.3 Å². The first-order valence-electron chi connectivity index (χ1n) is 10.4.